The summed E-state index contributed by atoms with van der Waals surface area (Å²) >= 11 is 0. The number of nitrogens with zero attached hydrogens (tertiary/aromatic N) is 4. The number of benzene rings is 4. The molecule has 0 saturated heterocycles. The Kier molecular flexibility index (Phi) is 4.88. The summed E-state index contributed by atoms with van der Waals surface area (Å²) in [6.07, 6.45) is 18.6. The van der Waals surface area contributed by atoms with E-state index in [0.717, 1.165) is 23.7 Å². The number of pyridine rings is 2. The monoisotopic (exact) mass is 748 g/mol. The molecular weight excluding hydrogens is 705 g/mol. The maximum atomic E-state index is 5.59. The summed E-state index contributed by atoms with van der Waals surface area (Å²) in [5.41, 5.74) is 17.9. The maximum Gasteiger partial charge on any atom is 0.0728 e. The SMILES string of the molecule is c1ccc(-n2c3ccccc3c3cccc(-c4cc5c6c7c(ncc6n6c8cnc9c(c8c(c4)c56)C4CC5CC6CC9CC65C4)C4CC5CC6CC7CC56C4)c32)cc1. The second-order valence-electron chi connectivity index (χ2n) is 21.1. The molecule has 6 bridgehead atoms. The zero-order valence-corrected chi connectivity index (χ0v) is 32.7. The summed E-state index contributed by atoms with van der Waals surface area (Å²) in [6.45, 7) is 0. The van der Waals surface area contributed by atoms with Gasteiger partial charge in [-0.1, -0.05) is 54.6 Å². The number of aromatic nitrogens is 4. The van der Waals surface area contributed by atoms with Crippen LogP contribution in [0.15, 0.2) is 97.3 Å². The first-order chi connectivity index (χ1) is 28.6. The molecule has 8 aliphatic rings. The number of rotatable bonds is 2. The van der Waals surface area contributed by atoms with Crippen LogP contribution in [0.2, 0.25) is 0 Å². The highest BCUT2D eigenvalue weighted by Crippen LogP contribution is 2.78. The summed E-state index contributed by atoms with van der Waals surface area (Å²) in [5.74, 6) is 6.25. The third kappa shape index (κ3) is 3.09. The third-order valence-corrected chi connectivity index (χ3v) is 19.4. The molecule has 5 heterocycles. The van der Waals surface area contributed by atoms with Gasteiger partial charge in [-0.2, -0.15) is 0 Å². The minimum Gasteiger partial charge on any atom is -0.309 e. The first-order valence-corrected chi connectivity index (χ1v) is 22.8. The van der Waals surface area contributed by atoms with Crippen LogP contribution in [0.3, 0.4) is 0 Å². The van der Waals surface area contributed by atoms with Crippen molar-refractivity contribution in [3.63, 3.8) is 0 Å². The molecule has 0 N–H and O–H groups in total. The summed E-state index contributed by atoms with van der Waals surface area (Å²) in [7, 11) is 0. The Hall–Kier alpha value is -5.22. The van der Waals surface area contributed by atoms with Crippen LogP contribution in [0, 0.1) is 34.5 Å². The fourth-order valence-corrected chi connectivity index (χ4v) is 17.5. The van der Waals surface area contributed by atoms with Crippen molar-refractivity contribution in [2.24, 2.45) is 34.5 Å². The van der Waals surface area contributed by atoms with Gasteiger partial charge in [0.2, 0.25) is 0 Å². The normalized spacial score (nSPS) is 34.3. The quantitative estimate of drug-likeness (QED) is 0.176. The number of hydrogen-bond acceptors (Lipinski definition) is 2. The molecule has 8 aliphatic carbocycles. The maximum absolute atomic E-state index is 5.59. The molecule has 17 rings (SSSR count). The second kappa shape index (κ2) is 9.46. The van der Waals surface area contributed by atoms with Gasteiger partial charge >= 0.3 is 0 Å². The van der Waals surface area contributed by atoms with Crippen molar-refractivity contribution in [3.05, 3.63) is 120 Å². The fraction of sp³-hybridized carbons (Fsp3) is 0.370. The van der Waals surface area contributed by atoms with Crippen LogP contribution < -0.4 is 0 Å². The van der Waals surface area contributed by atoms with E-state index in [4.69, 9.17) is 9.97 Å². The zero-order chi connectivity index (χ0) is 37.0. The first kappa shape index (κ1) is 29.9. The van der Waals surface area contributed by atoms with Gasteiger partial charge in [0, 0.05) is 66.8 Å². The van der Waals surface area contributed by atoms with Crippen LogP contribution >= 0.6 is 0 Å². The lowest BCUT2D eigenvalue weighted by Gasteiger charge is -2.48. The van der Waals surface area contributed by atoms with Crippen LogP contribution in [-0.4, -0.2) is 18.9 Å². The molecule has 4 aromatic carbocycles. The Morgan fingerprint density at radius 1 is 0.483 bits per heavy atom. The van der Waals surface area contributed by atoms with Crippen molar-refractivity contribution < 1.29 is 0 Å². The second-order valence-corrected chi connectivity index (χ2v) is 21.1. The van der Waals surface area contributed by atoms with E-state index >= 15 is 0 Å². The van der Waals surface area contributed by atoms with E-state index in [9.17, 15) is 0 Å². The van der Waals surface area contributed by atoms with Crippen LogP contribution in [0.4, 0.5) is 0 Å². The number of hydrogen-bond donors (Lipinski definition) is 0. The molecule has 0 aliphatic heterocycles. The van der Waals surface area contributed by atoms with Gasteiger partial charge in [-0.3, -0.25) is 9.97 Å². The topological polar surface area (TPSA) is 35.1 Å². The predicted octanol–water partition coefficient (Wildman–Crippen LogP) is 13.2. The predicted molar refractivity (Wildman–Crippen MR) is 232 cm³/mol. The lowest BCUT2D eigenvalue weighted by atomic mass is 9.56. The van der Waals surface area contributed by atoms with Crippen molar-refractivity contribution in [1.29, 1.82) is 0 Å². The molecule has 6 saturated carbocycles. The first-order valence-electron chi connectivity index (χ1n) is 22.8. The smallest absolute Gasteiger partial charge is 0.0728 e. The lowest BCUT2D eigenvalue weighted by Crippen LogP contribution is -2.41. The van der Waals surface area contributed by atoms with Crippen molar-refractivity contribution in [3.8, 4) is 16.8 Å². The molecule has 0 amide bonds. The Bertz CT molecular complexity index is 3250. The van der Waals surface area contributed by atoms with Gasteiger partial charge in [0.1, 0.15) is 0 Å². The molecule has 4 nitrogen and oxygen atoms in total. The Balaban J connectivity index is 1.04. The van der Waals surface area contributed by atoms with Crippen molar-refractivity contribution in [1.82, 2.24) is 18.9 Å². The Morgan fingerprint density at radius 2 is 1.03 bits per heavy atom. The Morgan fingerprint density at radius 3 is 1.67 bits per heavy atom. The highest BCUT2D eigenvalue weighted by molar-refractivity contribution is 6.26. The van der Waals surface area contributed by atoms with E-state index in [1.165, 1.54) is 152 Å². The molecule has 6 fully saturated rings. The van der Waals surface area contributed by atoms with E-state index in [1.807, 2.05) is 0 Å². The van der Waals surface area contributed by atoms with Crippen molar-refractivity contribution >= 4 is 59.9 Å². The number of fused-ring (bicyclic) bond motifs is 21. The molecular formula is C54H44N4. The summed E-state index contributed by atoms with van der Waals surface area (Å²) < 4.78 is 5.21. The van der Waals surface area contributed by atoms with E-state index in [0.29, 0.717) is 34.5 Å². The highest BCUT2D eigenvalue weighted by Gasteiger charge is 2.67. The van der Waals surface area contributed by atoms with E-state index in [2.05, 4.69) is 106 Å². The van der Waals surface area contributed by atoms with Gasteiger partial charge in [-0.25, -0.2) is 0 Å². The van der Waals surface area contributed by atoms with Gasteiger partial charge in [0.25, 0.3) is 0 Å². The summed E-state index contributed by atoms with van der Waals surface area (Å²) in [6, 6.07) is 32.4. The van der Waals surface area contributed by atoms with Gasteiger partial charge in [0.15, 0.2) is 0 Å². The highest BCUT2D eigenvalue weighted by atomic mass is 15.0. The molecule has 58 heavy (non-hydrogen) atoms. The van der Waals surface area contributed by atoms with E-state index in [-0.39, 0.29) is 0 Å². The minimum atomic E-state index is 0.599. The minimum absolute atomic E-state index is 0.599. The molecule has 9 aromatic rings. The molecule has 4 heteroatoms. The van der Waals surface area contributed by atoms with Gasteiger partial charge in [0.05, 0.1) is 40.0 Å². The van der Waals surface area contributed by atoms with Gasteiger partial charge in [-0.15, -0.1) is 0 Å². The number of para-hydroxylation sites is 3. The van der Waals surface area contributed by atoms with Crippen LogP contribution in [0.25, 0.3) is 76.7 Å². The average molecular weight is 749 g/mol. The molecule has 10 unspecified atom stereocenters. The van der Waals surface area contributed by atoms with Crippen LogP contribution in [0.5, 0.6) is 0 Å². The fourth-order valence-electron chi connectivity index (χ4n) is 17.5. The van der Waals surface area contributed by atoms with E-state index < -0.39 is 0 Å². The molecule has 10 atom stereocenters. The van der Waals surface area contributed by atoms with E-state index in [1.54, 1.807) is 11.1 Å². The van der Waals surface area contributed by atoms with Crippen molar-refractivity contribution in [2.75, 3.05) is 0 Å². The van der Waals surface area contributed by atoms with Crippen LogP contribution in [-0.2, 0) is 0 Å². The summed E-state index contributed by atoms with van der Waals surface area (Å²) in [5, 5.41) is 8.59. The largest absolute Gasteiger partial charge is 0.309 e. The molecule has 2 spiro atoms. The summed E-state index contributed by atoms with van der Waals surface area (Å²) in [4.78, 5) is 11.2. The standard InChI is InChI=1S/C54H44N4/c1-2-7-36(8-3-1)57-42-12-5-4-9-38(42)39-11-6-10-37(51(39)57)27-17-40-47-43(25-55-49-30-15-34-19-32-13-28(45(47)49)21-53(32,34)23-30)58-44-26-56-50-31-16-35-20-33-14-29(22-54(33,35)24-31)46(50)48(44)41(18-27)52(40)58/h1-12,17-18,25-26,28-35H,13-16,19-24H2. The molecule has 0 radical (unpaired) electrons. The molecule has 5 aromatic heterocycles. The van der Waals surface area contributed by atoms with Gasteiger partial charge < -0.3 is 8.97 Å². The Labute approximate surface area is 336 Å². The zero-order valence-electron chi connectivity index (χ0n) is 32.7. The average Bonchev–Trinajstić information content (AvgIpc) is 4.09. The van der Waals surface area contributed by atoms with Crippen LogP contribution in [0.1, 0.15) is 110 Å². The van der Waals surface area contributed by atoms with Crippen molar-refractivity contribution in [2.45, 2.75) is 87.9 Å². The van der Waals surface area contributed by atoms with Gasteiger partial charge in [-0.05, 0) is 158 Å². The lowest BCUT2D eigenvalue weighted by molar-refractivity contribution is 0.00321. The molecule has 280 valence electrons. The third-order valence-electron chi connectivity index (χ3n) is 19.4.